The van der Waals surface area contributed by atoms with Gasteiger partial charge in [0.25, 0.3) is 5.91 Å². The maximum atomic E-state index is 12.8. The van der Waals surface area contributed by atoms with E-state index in [1.165, 1.54) is 7.11 Å². The molecule has 0 fully saturated rings. The summed E-state index contributed by atoms with van der Waals surface area (Å²) in [5.41, 5.74) is 1.98. The Morgan fingerprint density at radius 1 is 0.848 bits per heavy atom. The summed E-state index contributed by atoms with van der Waals surface area (Å²) >= 11 is 6.42. The number of carbonyl (C=O) groups excluding carboxylic acids is 1. The second-order valence-corrected chi connectivity index (χ2v) is 7.56. The highest BCUT2D eigenvalue weighted by atomic mass is 35.5. The second-order valence-electron chi connectivity index (χ2n) is 7.16. The first-order valence-electron chi connectivity index (χ1n) is 10.3. The van der Waals surface area contributed by atoms with E-state index in [2.05, 4.69) is 5.32 Å². The van der Waals surface area contributed by atoms with Gasteiger partial charge < -0.3 is 19.5 Å². The Kier molecular flexibility index (Phi) is 7.12. The van der Waals surface area contributed by atoms with Gasteiger partial charge in [0.05, 0.1) is 12.1 Å². The number of anilines is 1. The Bertz CT molecular complexity index is 1210. The number of benzene rings is 4. The number of halogens is 1. The molecule has 0 aromatic heterocycles. The van der Waals surface area contributed by atoms with Crippen LogP contribution in [-0.2, 0) is 6.61 Å². The summed E-state index contributed by atoms with van der Waals surface area (Å²) < 4.78 is 17.1. The summed E-state index contributed by atoms with van der Waals surface area (Å²) in [5, 5.41) is 3.15. The van der Waals surface area contributed by atoms with Crippen LogP contribution in [0.2, 0.25) is 5.02 Å². The quantitative estimate of drug-likeness (QED) is 0.309. The van der Waals surface area contributed by atoms with Gasteiger partial charge in [0.15, 0.2) is 11.5 Å². The molecule has 166 valence electrons. The number of rotatable bonds is 8. The van der Waals surface area contributed by atoms with E-state index in [-0.39, 0.29) is 5.91 Å². The molecule has 0 saturated carbocycles. The molecule has 0 aliphatic carbocycles. The molecule has 0 spiro atoms. The van der Waals surface area contributed by atoms with E-state index in [0.29, 0.717) is 40.1 Å². The van der Waals surface area contributed by atoms with Crippen LogP contribution in [0.25, 0.3) is 0 Å². The first-order valence-corrected chi connectivity index (χ1v) is 10.7. The van der Waals surface area contributed by atoms with Crippen molar-refractivity contribution in [3.63, 3.8) is 0 Å². The molecule has 0 aliphatic heterocycles. The molecule has 6 heteroatoms. The van der Waals surface area contributed by atoms with Crippen LogP contribution in [0.5, 0.6) is 23.0 Å². The van der Waals surface area contributed by atoms with E-state index >= 15 is 0 Å². The van der Waals surface area contributed by atoms with Gasteiger partial charge in [0.2, 0.25) is 0 Å². The maximum absolute atomic E-state index is 12.8. The van der Waals surface area contributed by atoms with E-state index < -0.39 is 0 Å². The average molecular weight is 460 g/mol. The van der Waals surface area contributed by atoms with Crippen molar-refractivity contribution in [1.82, 2.24) is 0 Å². The highest BCUT2D eigenvalue weighted by Gasteiger charge is 2.16. The zero-order valence-corrected chi connectivity index (χ0v) is 18.7. The third-order valence-electron chi connectivity index (χ3n) is 4.81. The molecule has 33 heavy (non-hydrogen) atoms. The maximum Gasteiger partial charge on any atom is 0.255 e. The molecular formula is C27H22ClNO4. The third kappa shape index (κ3) is 5.84. The zero-order chi connectivity index (χ0) is 23.0. The molecule has 4 aromatic carbocycles. The number of para-hydroxylation sites is 1. The van der Waals surface area contributed by atoms with E-state index in [0.717, 1.165) is 11.3 Å². The fourth-order valence-corrected chi connectivity index (χ4v) is 3.42. The fraction of sp³-hybridized carbons (Fsp3) is 0.0741. The van der Waals surface area contributed by atoms with Crippen molar-refractivity contribution in [2.45, 2.75) is 6.61 Å². The first kappa shape index (κ1) is 22.2. The number of carbonyl (C=O) groups is 1. The molecule has 1 N–H and O–H groups in total. The minimum absolute atomic E-state index is 0.294. The van der Waals surface area contributed by atoms with Crippen LogP contribution < -0.4 is 19.5 Å². The summed E-state index contributed by atoms with van der Waals surface area (Å²) in [7, 11) is 1.51. The van der Waals surface area contributed by atoms with Crippen molar-refractivity contribution in [1.29, 1.82) is 0 Å². The van der Waals surface area contributed by atoms with Gasteiger partial charge >= 0.3 is 0 Å². The van der Waals surface area contributed by atoms with Crippen LogP contribution in [0.15, 0.2) is 97.1 Å². The van der Waals surface area contributed by atoms with Gasteiger partial charge in [0, 0.05) is 11.3 Å². The van der Waals surface area contributed by atoms with Crippen molar-refractivity contribution >= 4 is 23.2 Å². The lowest BCUT2D eigenvalue weighted by Crippen LogP contribution is -2.12. The third-order valence-corrected chi connectivity index (χ3v) is 5.09. The smallest absolute Gasteiger partial charge is 0.255 e. The molecule has 0 heterocycles. The number of amides is 1. The molecule has 0 bridgehead atoms. The molecule has 0 unspecified atom stereocenters. The highest BCUT2D eigenvalue weighted by Crippen LogP contribution is 2.37. The average Bonchev–Trinajstić information content (AvgIpc) is 2.85. The number of ether oxygens (including phenoxy) is 3. The van der Waals surface area contributed by atoms with Crippen LogP contribution in [0.1, 0.15) is 15.9 Å². The summed E-state index contributed by atoms with van der Waals surface area (Å²) in [6.07, 6.45) is 0. The molecule has 0 aliphatic rings. The molecule has 0 atom stereocenters. The fourth-order valence-electron chi connectivity index (χ4n) is 3.15. The molecule has 5 nitrogen and oxygen atoms in total. The Morgan fingerprint density at radius 3 is 2.15 bits per heavy atom. The lowest BCUT2D eigenvalue weighted by Gasteiger charge is -2.14. The summed E-state index contributed by atoms with van der Waals surface area (Å²) in [6.45, 7) is 0.333. The highest BCUT2D eigenvalue weighted by molar-refractivity contribution is 6.32. The van der Waals surface area contributed by atoms with Crippen molar-refractivity contribution in [2.75, 3.05) is 12.4 Å². The standard InChI is InChI=1S/C27H22ClNO4/c1-31-25-17-20(16-24(28)26(25)32-18-19-8-4-2-5-9-19)27(30)29-21-12-14-23(15-13-21)33-22-10-6-3-7-11-22/h2-17H,18H2,1H3,(H,29,30). The molecule has 4 rings (SSSR count). The summed E-state index contributed by atoms with van der Waals surface area (Å²) in [5.74, 6) is 1.87. The zero-order valence-electron chi connectivity index (χ0n) is 18.0. The summed E-state index contributed by atoms with van der Waals surface area (Å²) in [4.78, 5) is 12.8. The Balaban J connectivity index is 1.43. The minimum Gasteiger partial charge on any atom is -0.493 e. The van der Waals surface area contributed by atoms with Gasteiger partial charge in [0.1, 0.15) is 18.1 Å². The largest absolute Gasteiger partial charge is 0.493 e. The second kappa shape index (κ2) is 10.6. The molecule has 0 radical (unpaired) electrons. The van der Waals surface area contributed by atoms with Crippen molar-refractivity contribution in [2.24, 2.45) is 0 Å². The van der Waals surface area contributed by atoms with Crippen molar-refractivity contribution < 1.29 is 19.0 Å². The molecule has 0 saturated heterocycles. The van der Waals surface area contributed by atoms with Crippen LogP contribution >= 0.6 is 11.6 Å². The Labute approximate surface area is 197 Å². The molecule has 4 aromatic rings. The van der Waals surface area contributed by atoms with Crippen LogP contribution in [0.3, 0.4) is 0 Å². The van der Waals surface area contributed by atoms with E-state index in [1.807, 2.05) is 60.7 Å². The van der Waals surface area contributed by atoms with Gasteiger partial charge in [-0.25, -0.2) is 0 Å². The number of nitrogens with one attached hydrogen (secondary N) is 1. The monoisotopic (exact) mass is 459 g/mol. The Hall–Kier alpha value is -3.96. The van der Waals surface area contributed by atoms with E-state index in [4.69, 9.17) is 25.8 Å². The van der Waals surface area contributed by atoms with Crippen molar-refractivity contribution in [3.8, 4) is 23.0 Å². The number of methoxy groups -OCH3 is 1. The van der Waals surface area contributed by atoms with E-state index in [9.17, 15) is 4.79 Å². The van der Waals surface area contributed by atoms with Crippen molar-refractivity contribution in [3.05, 3.63) is 113 Å². The van der Waals surface area contributed by atoms with Gasteiger partial charge in [-0.1, -0.05) is 60.1 Å². The lowest BCUT2D eigenvalue weighted by molar-refractivity contribution is 0.102. The SMILES string of the molecule is COc1cc(C(=O)Nc2ccc(Oc3ccccc3)cc2)cc(Cl)c1OCc1ccccc1. The van der Waals surface area contributed by atoms with E-state index in [1.54, 1.807) is 36.4 Å². The first-order chi connectivity index (χ1) is 16.1. The van der Waals surface area contributed by atoms with Gasteiger partial charge in [-0.2, -0.15) is 0 Å². The van der Waals surface area contributed by atoms with Crippen LogP contribution in [0.4, 0.5) is 5.69 Å². The summed E-state index contributed by atoms with van der Waals surface area (Å²) in [6, 6.07) is 29.5. The topological polar surface area (TPSA) is 56.8 Å². The van der Waals surface area contributed by atoms with Gasteiger partial charge in [-0.05, 0) is 54.1 Å². The Morgan fingerprint density at radius 2 is 1.48 bits per heavy atom. The normalized spacial score (nSPS) is 10.4. The number of hydrogen-bond acceptors (Lipinski definition) is 4. The minimum atomic E-state index is -0.318. The van der Waals surface area contributed by atoms with Gasteiger partial charge in [-0.15, -0.1) is 0 Å². The lowest BCUT2D eigenvalue weighted by atomic mass is 10.1. The van der Waals surface area contributed by atoms with Gasteiger partial charge in [-0.3, -0.25) is 4.79 Å². The molecule has 1 amide bonds. The number of hydrogen-bond donors (Lipinski definition) is 1. The predicted molar refractivity (Wildman–Crippen MR) is 130 cm³/mol. The molecular weight excluding hydrogens is 438 g/mol. The predicted octanol–water partition coefficient (Wildman–Crippen LogP) is 6.97. The van der Waals surface area contributed by atoms with Crippen LogP contribution in [0, 0.1) is 0 Å². The van der Waals surface area contributed by atoms with Crippen LogP contribution in [-0.4, -0.2) is 13.0 Å².